The summed E-state index contributed by atoms with van der Waals surface area (Å²) >= 11 is 0. The number of carboxylic acid groups (broad SMARTS) is 1. The Morgan fingerprint density at radius 3 is 2.45 bits per heavy atom. The van der Waals surface area contributed by atoms with E-state index < -0.39 is 12.1 Å². The normalized spacial score (nSPS) is 21.2. The lowest BCUT2D eigenvalue weighted by Crippen LogP contribution is -2.58. The molecule has 1 amide bonds. The molecule has 7 heteroatoms. The first kappa shape index (κ1) is 24.6. The fourth-order valence-corrected chi connectivity index (χ4v) is 3.69. The average Bonchev–Trinajstić information content (AvgIpc) is 2.76. The second-order valence-electron chi connectivity index (χ2n) is 7.66. The number of benzene rings is 1. The van der Waals surface area contributed by atoms with Crippen LogP contribution in [-0.2, 0) is 14.3 Å². The van der Waals surface area contributed by atoms with Crippen LogP contribution in [0.25, 0.3) is 6.08 Å². The third-order valence-electron chi connectivity index (χ3n) is 5.42. The SMILES string of the molecule is CCC(CC)O[C@@H]1C=C(C(=O)O)C[C@H](NC/C=C/c2ccc(OC)cc2)[C@H]1NC(C)=O. The van der Waals surface area contributed by atoms with Crippen LogP contribution in [0.15, 0.2) is 42.0 Å². The van der Waals surface area contributed by atoms with Crippen molar-refractivity contribution in [3.05, 3.63) is 47.6 Å². The molecule has 0 saturated carbocycles. The van der Waals surface area contributed by atoms with E-state index in [2.05, 4.69) is 10.6 Å². The molecule has 1 aromatic rings. The van der Waals surface area contributed by atoms with Gasteiger partial charge in [-0.05, 0) is 43.0 Å². The van der Waals surface area contributed by atoms with Gasteiger partial charge < -0.3 is 25.2 Å². The monoisotopic (exact) mass is 430 g/mol. The van der Waals surface area contributed by atoms with Gasteiger partial charge in [-0.25, -0.2) is 4.79 Å². The fourth-order valence-electron chi connectivity index (χ4n) is 3.69. The predicted molar refractivity (Wildman–Crippen MR) is 121 cm³/mol. The van der Waals surface area contributed by atoms with Gasteiger partial charge in [0.25, 0.3) is 0 Å². The van der Waals surface area contributed by atoms with Gasteiger partial charge in [-0.15, -0.1) is 0 Å². The van der Waals surface area contributed by atoms with E-state index in [0.717, 1.165) is 24.2 Å². The largest absolute Gasteiger partial charge is 0.497 e. The standard InChI is InChI=1S/C24H34N2O5/c1-5-19(6-2)31-22-15-18(24(28)29)14-21(23(22)26-16(3)27)25-13-7-8-17-9-11-20(30-4)12-10-17/h7-12,15,19,21-23,25H,5-6,13-14H2,1-4H3,(H,26,27)(H,28,29)/b8-7+/t21-,22+,23+/m0/s1. The summed E-state index contributed by atoms with van der Waals surface area (Å²) in [5.41, 5.74) is 1.33. The van der Waals surface area contributed by atoms with E-state index in [1.807, 2.05) is 50.3 Å². The quantitative estimate of drug-likeness (QED) is 0.499. The molecule has 31 heavy (non-hydrogen) atoms. The summed E-state index contributed by atoms with van der Waals surface area (Å²) in [6.07, 6.45) is 7.04. The van der Waals surface area contributed by atoms with Crippen molar-refractivity contribution >= 4 is 18.0 Å². The number of amides is 1. The Balaban J connectivity index is 2.13. The van der Waals surface area contributed by atoms with Gasteiger partial charge in [0, 0.05) is 25.1 Å². The van der Waals surface area contributed by atoms with Crippen LogP contribution in [-0.4, -0.2) is 54.9 Å². The van der Waals surface area contributed by atoms with Crippen molar-refractivity contribution < 1.29 is 24.2 Å². The summed E-state index contributed by atoms with van der Waals surface area (Å²) in [5.74, 6) is -0.331. The number of hydrogen-bond donors (Lipinski definition) is 3. The first-order valence-electron chi connectivity index (χ1n) is 10.8. The number of nitrogens with one attached hydrogen (secondary N) is 2. The molecule has 0 fully saturated rings. The van der Waals surface area contributed by atoms with E-state index in [1.54, 1.807) is 13.2 Å². The molecule has 0 aliphatic heterocycles. The van der Waals surface area contributed by atoms with E-state index >= 15 is 0 Å². The minimum atomic E-state index is -0.958. The molecule has 0 spiro atoms. The summed E-state index contributed by atoms with van der Waals surface area (Å²) in [7, 11) is 1.63. The lowest BCUT2D eigenvalue weighted by molar-refractivity contribution is -0.133. The van der Waals surface area contributed by atoms with Crippen molar-refractivity contribution in [2.24, 2.45) is 0 Å². The molecule has 3 atom stereocenters. The second kappa shape index (κ2) is 12.3. The average molecular weight is 431 g/mol. The molecule has 0 unspecified atom stereocenters. The number of carbonyl (C=O) groups is 2. The van der Waals surface area contributed by atoms with Gasteiger partial charge in [-0.1, -0.05) is 38.1 Å². The molecule has 1 aliphatic rings. The van der Waals surface area contributed by atoms with Crippen LogP contribution in [0.1, 0.15) is 45.6 Å². The Morgan fingerprint density at radius 2 is 1.90 bits per heavy atom. The van der Waals surface area contributed by atoms with Gasteiger partial charge in [0.05, 0.1) is 25.4 Å². The lowest BCUT2D eigenvalue weighted by Gasteiger charge is -2.38. The summed E-state index contributed by atoms with van der Waals surface area (Å²) in [5, 5.41) is 15.9. The Labute approximate surface area is 184 Å². The van der Waals surface area contributed by atoms with Crippen molar-refractivity contribution in [1.82, 2.24) is 10.6 Å². The molecule has 0 aromatic heterocycles. The molecule has 2 rings (SSSR count). The summed E-state index contributed by atoms with van der Waals surface area (Å²) < 4.78 is 11.4. The zero-order chi connectivity index (χ0) is 22.8. The minimum Gasteiger partial charge on any atom is -0.497 e. The molecule has 170 valence electrons. The Kier molecular flexibility index (Phi) is 9.75. The van der Waals surface area contributed by atoms with E-state index in [4.69, 9.17) is 9.47 Å². The number of hydrogen-bond acceptors (Lipinski definition) is 5. The van der Waals surface area contributed by atoms with Crippen LogP contribution in [0.4, 0.5) is 0 Å². The fraction of sp³-hybridized carbons (Fsp3) is 0.500. The third-order valence-corrected chi connectivity index (χ3v) is 5.42. The van der Waals surface area contributed by atoms with Crippen molar-refractivity contribution in [2.45, 2.75) is 64.3 Å². The number of ether oxygens (including phenoxy) is 2. The molecule has 3 N–H and O–H groups in total. The second-order valence-corrected chi connectivity index (χ2v) is 7.66. The Hall–Kier alpha value is -2.64. The number of rotatable bonds is 11. The highest BCUT2D eigenvalue weighted by Gasteiger charge is 2.37. The molecule has 0 saturated heterocycles. The highest BCUT2D eigenvalue weighted by atomic mass is 16.5. The summed E-state index contributed by atoms with van der Waals surface area (Å²) in [4.78, 5) is 23.6. The predicted octanol–water partition coefficient (Wildman–Crippen LogP) is 3.16. The van der Waals surface area contributed by atoms with Crippen LogP contribution >= 0.6 is 0 Å². The van der Waals surface area contributed by atoms with Crippen molar-refractivity contribution in [3.8, 4) is 5.75 Å². The third kappa shape index (κ3) is 7.52. The van der Waals surface area contributed by atoms with Crippen molar-refractivity contribution in [3.63, 3.8) is 0 Å². The number of aliphatic carboxylic acids is 1. The maximum absolute atomic E-state index is 11.9. The number of methoxy groups -OCH3 is 1. The molecule has 1 aromatic carbocycles. The van der Waals surface area contributed by atoms with Gasteiger partial charge in [0.1, 0.15) is 5.75 Å². The highest BCUT2D eigenvalue weighted by molar-refractivity contribution is 5.87. The maximum atomic E-state index is 11.9. The van der Waals surface area contributed by atoms with Crippen LogP contribution in [0.3, 0.4) is 0 Å². The van der Waals surface area contributed by atoms with E-state index in [-0.39, 0.29) is 24.1 Å². The molecule has 0 radical (unpaired) electrons. The van der Waals surface area contributed by atoms with Gasteiger partial charge in [-0.3, -0.25) is 4.79 Å². The zero-order valence-electron chi connectivity index (χ0n) is 18.8. The van der Waals surface area contributed by atoms with E-state index in [0.29, 0.717) is 18.5 Å². The number of carboxylic acids is 1. The number of carbonyl (C=O) groups excluding carboxylic acids is 1. The van der Waals surface area contributed by atoms with Crippen molar-refractivity contribution in [1.29, 1.82) is 0 Å². The molecular weight excluding hydrogens is 396 g/mol. The zero-order valence-corrected chi connectivity index (χ0v) is 18.8. The molecule has 7 nitrogen and oxygen atoms in total. The van der Waals surface area contributed by atoms with Crippen molar-refractivity contribution in [2.75, 3.05) is 13.7 Å². The summed E-state index contributed by atoms with van der Waals surface area (Å²) in [6.45, 7) is 6.06. The molecular formula is C24H34N2O5. The Bertz CT molecular complexity index is 784. The topological polar surface area (TPSA) is 96.9 Å². The van der Waals surface area contributed by atoms with Gasteiger partial charge in [-0.2, -0.15) is 0 Å². The molecule has 0 bridgehead atoms. The van der Waals surface area contributed by atoms with Crippen LogP contribution in [0, 0.1) is 0 Å². The Morgan fingerprint density at radius 1 is 1.23 bits per heavy atom. The van der Waals surface area contributed by atoms with Gasteiger partial charge in [0.15, 0.2) is 0 Å². The van der Waals surface area contributed by atoms with Crippen LogP contribution in [0.5, 0.6) is 5.75 Å². The lowest BCUT2D eigenvalue weighted by atomic mass is 9.87. The summed E-state index contributed by atoms with van der Waals surface area (Å²) in [6, 6.07) is 7.09. The van der Waals surface area contributed by atoms with Crippen LogP contribution < -0.4 is 15.4 Å². The molecule has 0 heterocycles. The van der Waals surface area contributed by atoms with E-state index in [9.17, 15) is 14.7 Å². The first-order chi connectivity index (χ1) is 14.9. The highest BCUT2D eigenvalue weighted by Crippen LogP contribution is 2.24. The smallest absolute Gasteiger partial charge is 0.331 e. The van der Waals surface area contributed by atoms with Gasteiger partial charge >= 0.3 is 5.97 Å². The maximum Gasteiger partial charge on any atom is 0.331 e. The minimum absolute atomic E-state index is 0.00118. The molecule has 1 aliphatic carbocycles. The first-order valence-corrected chi connectivity index (χ1v) is 10.8. The van der Waals surface area contributed by atoms with Crippen LogP contribution in [0.2, 0.25) is 0 Å². The van der Waals surface area contributed by atoms with E-state index in [1.165, 1.54) is 6.92 Å². The van der Waals surface area contributed by atoms with Gasteiger partial charge in [0.2, 0.25) is 5.91 Å².